The van der Waals surface area contributed by atoms with E-state index in [-0.39, 0.29) is 12.1 Å². The second-order valence-corrected chi connectivity index (χ2v) is 6.17. The Labute approximate surface area is 129 Å². The number of aryl methyl sites for hydroxylation is 1. The first-order valence-electron chi connectivity index (χ1n) is 7.07. The van der Waals surface area contributed by atoms with Gasteiger partial charge >= 0.3 is 0 Å². The second-order valence-electron chi connectivity index (χ2n) is 5.19. The first-order chi connectivity index (χ1) is 10.2. The lowest BCUT2D eigenvalue weighted by Gasteiger charge is -2.22. The monoisotopic (exact) mass is 297 g/mol. The van der Waals surface area contributed by atoms with Crippen molar-refractivity contribution < 1.29 is 0 Å². The molecule has 0 aliphatic heterocycles. The zero-order valence-electron chi connectivity index (χ0n) is 12.2. The third kappa shape index (κ3) is 3.23. The molecule has 0 radical (unpaired) electrons. The van der Waals surface area contributed by atoms with E-state index in [1.54, 1.807) is 11.3 Å². The van der Waals surface area contributed by atoms with E-state index in [9.17, 15) is 0 Å². The fourth-order valence-electron chi connectivity index (χ4n) is 2.45. The van der Waals surface area contributed by atoms with Crippen molar-refractivity contribution in [3.63, 3.8) is 0 Å². The summed E-state index contributed by atoms with van der Waals surface area (Å²) in [6, 6.07) is 15.3. The van der Waals surface area contributed by atoms with Gasteiger partial charge in [0, 0.05) is 29.7 Å². The Morgan fingerprint density at radius 3 is 2.52 bits per heavy atom. The van der Waals surface area contributed by atoms with Crippen molar-refractivity contribution in [1.82, 2.24) is 15.1 Å². The molecular weight excluding hydrogens is 278 g/mol. The van der Waals surface area contributed by atoms with Crippen LogP contribution in [-0.4, -0.2) is 9.78 Å². The Kier molecular flexibility index (Phi) is 4.18. The molecule has 2 unspecified atom stereocenters. The van der Waals surface area contributed by atoms with Gasteiger partial charge in [-0.1, -0.05) is 36.4 Å². The number of hydrogen-bond donors (Lipinski definition) is 1. The summed E-state index contributed by atoms with van der Waals surface area (Å²) in [6.07, 6.45) is 3.99. The van der Waals surface area contributed by atoms with Gasteiger partial charge in [0.05, 0.1) is 12.2 Å². The van der Waals surface area contributed by atoms with Gasteiger partial charge in [-0.15, -0.1) is 11.3 Å². The van der Waals surface area contributed by atoms with Gasteiger partial charge in [0.15, 0.2) is 0 Å². The number of nitrogens with zero attached hydrogens (tertiary/aromatic N) is 2. The van der Waals surface area contributed by atoms with Gasteiger partial charge in [0.2, 0.25) is 0 Å². The van der Waals surface area contributed by atoms with Crippen LogP contribution in [0.2, 0.25) is 0 Å². The summed E-state index contributed by atoms with van der Waals surface area (Å²) in [6.45, 7) is 2.18. The number of aromatic nitrogens is 2. The number of thiophene rings is 1. The third-order valence-corrected chi connectivity index (χ3v) is 4.54. The van der Waals surface area contributed by atoms with Crippen LogP contribution in [0.4, 0.5) is 0 Å². The molecule has 3 nitrogen and oxygen atoms in total. The fraction of sp³-hybridized carbons (Fsp3) is 0.235. The quantitative estimate of drug-likeness (QED) is 0.773. The van der Waals surface area contributed by atoms with Crippen LogP contribution in [0.25, 0.3) is 0 Å². The summed E-state index contributed by atoms with van der Waals surface area (Å²) in [7, 11) is 1.95. The highest BCUT2D eigenvalue weighted by Crippen LogP contribution is 2.28. The lowest BCUT2D eigenvalue weighted by Crippen LogP contribution is -2.24. The Bertz CT molecular complexity index is 673. The van der Waals surface area contributed by atoms with E-state index in [1.807, 2.05) is 17.9 Å². The molecule has 0 fully saturated rings. The molecule has 1 aromatic carbocycles. The number of hydrogen-bond acceptors (Lipinski definition) is 3. The fourth-order valence-corrected chi connectivity index (χ4v) is 3.27. The summed E-state index contributed by atoms with van der Waals surface area (Å²) >= 11 is 1.78. The van der Waals surface area contributed by atoms with E-state index >= 15 is 0 Å². The van der Waals surface area contributed by atoms with Crippen LogP contribution < -0.4 is 5.32 Å². The predicted molar refractivity (Wildman–Crippen MR) is 87.4 cm³/mol. The molecule has 0 spiro atoms. The van der Waals surface area contributed by atoms with Crippen molar-refractivity contribution in [3.05, 3.63) is 76.2 Å². The molecule has 4 heteroatoms. The van der Waals surface area contributed by atoms with Gasteiger partial charge in [-0.25, -0.2) is 0 Å². The smallest absolute Gasteiger partial charge is 0.0675 e. The minimum atomic E-state index is 0.210. The van der Waals surface area contributed by atoms with Crippen molar-refractivity contribution in [1.29, 1.82) is 0 Å². The third-order valence-electron chi connectivity index (χ3n) is 3.60. The highest BCUT2D eigenvalue weighted by molar-refractivity contribution is 7.10. The molecule has 2 atom stereocenters. The maximum absolute atomic E-state index is 4.26. The first-order valence-corrected chi connectivity index (χ1v) is 7.95. The zero-order valence-corrected chi connectivity index (χ0v) is 13.0. The maximum atomic E-state index is 4.26. The van der Waals surface area contributed by atoms with Gasteiger partial charge < -0.3 is 0 Å². The van der Waals surface area contributed by atoms with Crippen LogP contribution in [-0.2, 0) is 7.05 Å². The summed E-state index contributed by atoms with van der Waals surface area (Å²) in [5.74, 6) is 0. The van der Waals surface area contributed by atoms with Gasteiger partial charge in [-0.05, 0) is 23.9 Å². The molecule has 0 saturated heterocycles. The first kappa shape index (κ1) is 14.0. The average molecular weight is 297 g/mol. The van der Waals surface area contributed by atoms with Gasteiger partial charge in [-0.2, -0.15) is 5.10 Å². The van der Waals surface area contributed by atoms with Gasteiger partial charge in [0.1, 0.15) is 0 Å². The van der Waals surface area contributed by atoms with E-state index in [1.165, 1.54) is 16.0 Å². The van der Waals surface area contributed by atoms with Crippen LogP contribution in [0, 0.1) is 0 Å². The largest absolute Gasteiger partial charge is 0.299 e. The lowest BCUT2D eigenvalue weighted by molar-refractivity contribution is 0.521. The molecule has 0 aliphatic carbocycles. The van der Waals surface area contributed by atoms with E-state index in [4.69, 9.17) is 0 Å². The summed E-state index contributed by atoms with van der Waals surface area (Å²) in [5, 5.41) is 10.1. The van der Waals surface area contributed by atoms with Crippen LogP contribution in [0.5, 0.6) is 0 Å². The molecule has 108 valence electrons. The molecule has 2 heterocycles. The maximum Gasteiger partial charge on any atom is 0.0675 e. The van der Waals surface area contributed by atoms with E-state index in [0.717, 1.165) is 0 Å². The van der Waals surface area contributed by atoms with Crippen molar-refractivity contribution >= 4 is 11.3 Å². The van der Waals surface area contributed by atoms with Crippen LogP contribution in [0.1, 0.15) is 35.0 Å². The molecular formula is C17H19N3S. The van der Waals surface area contributed by atoms with E-state index in [2.05, 4.69) is 71.4 Å². The van der Waals surface area contributed by atoms with Gasteiger partial charge in [0.25, 0.3) is 0 Å². The highest BCUT2D eigenvalue weighted by Gasteiger charge is 2.18. The van der Waals surface area contributed by atoms with Crippen LogP contribution in [0.3, 0.4) is 0 Å². The molecule has 2 aromatic heterocycles. The summed E-state index contributed by atoms with van der Waals surface area (Å²) in [4.78, 5) is 1.33. The van der Waals surface area contributed by atoms with Crippen molar-refractivity contribution in [3.8, 4) is 0 Å². The molecule has 3 aromatic rings. The van der Waals surface area contributed by atoms with Crippen LogP contribution in [0.15, 0.2) is 60.2 Å². The number of rotatable bonds is 5. The molecule has 21 heavy (non-hydrogen) atoms. The Morgan fingerprint density at radius 2 is 1.90 bits per heavy atom. The van der Waals surface area contributed by atoms with E-state index < -0.39 is 0 Å². The normalized spacial score (nSPS) is 14.0. The zero-order chi connectivity index (χ0) is 14.7. The summed E-state index contributed by atoms with van der Waals surface area (Å²) in [5.41, 5.74) is 2.49. The minimum absolute atomic E-state index is 0.210. The van der Waals surface area contributed by atoms with Crippen LogP contribution >= 0.6 is 11.3 Å². The minimum Gasteiger partial charge on any atom is -0.299 e. The molecule has 0 amide bonds. The standard InChI is InChI=1S/C17H19N3S/c1-13(15-11-18-20(2)12-15)19-17(16-9-6-10-21-16)14-7-4-3-5-8-14/h3-13,17,19H,1-2H3. The van der Waals surface area contributed by atoms with E-state index in [0.29, 0.717) is 0 Å². The Morgan fingerprint density at radius 1 is 1.10 bits per heavy atom. The lowest BCUT2D eigenvalue weighted by atomic mass is 10.0. The molecule has 0 bridgehead atoms. The second kappa shape index (κ2) is 6.24. The Balaban J connectivity index is 1.86. The molecule has 0 aliphatic rings. The topological polar surface area (TPSA) is 29.9 Å². The highest BCUT2D eigenvalue weighted by atomic mass is 32.1. The van der Waals surface area contributed by atoms with Crippen molar-refractivity contribution in [2.75, 3.05) is 0 Å². The SMILES string of the molecule is CC(NC(c1ccccc1)c1cccs1)c1cnn(C)c1. The molecule has 1 N–H and O–H groups in total. The van der Waals surface area contributed by atoms with Crippen molar-refractivity contribution in [2.45, 2.75) is 19.0 Å². The predicted octanol–water partition coefficient (Wildman–Crippen LogP) is 3.92. The average Bonchev–Trinajstić information content (AvgIpc) is 3.17. The van der Waals surface area contributed by atoms with Crippen molar-refractivity contribution in [2.24, 2.45) is 7.05 Å². The number of nitrogens with one attached hydrogen (secondary N) is 1. The van der Waals surface area contributed by atoms with Gasteiger partial charge in [-0.3, -0.25) is 10.00 Å². The Hall–Kier alpha value is -1.91. The molecule has 0 saturated carbocycles. The summed E-state index contributed by atoms with van der Waals surface area (Å²) < 4.78 is 1.84. The number of benzene rings is 1. The molecule has 3 rings (SSSR count).